The number of halogens is 2. The molecule has 4 aromatic rings. The first-order valence-corrected chi connectivity index (χ1v) is 7.95. The Hall–Kier alpha value is -3.75. The van der Waals surface area contributed by atoms with E-state index >= 15 is 0 Å². The van der Waals surface area contributed by atoms with E-state index in [1.165, 1.54) is 6.07 Å². The summed E-state index contributed by atoms with van der Waals surface area (Å²) >= 11 is 0. The van der Waals surface area contributed by atoms with Crippen molar-refractivity contribution in [2.24, 2.45) is 0 Å². The first-order chi connectivity index (χ1) is 13.2. The zero-order valence-electron chi connectivity index (χ0n) is 13.8. The zero-order chi connectivity index (χ0) is 18.6. The molecule has 0 atom stereocenters. The van der Waals surface area contributed by atoms with Crippen LogP contribution >= 0.6 is 0 Å². The quantitative estimate of drug-likeness (QED) is 0.578. The Balaban J connectivity index is 1.50. The average molecular weight is 366 g/mol. The maximum atomic E-state index is 13.8. The fraction of sp³-hybridized carbons (Fsp3) is 0.0556. The highest BCUT2D eigenvalue weighted by atomic mass is 19.1. The van der Waals surface area contributed by atoms with Crippen LogP contribution in [0, 0.1) is 11.6 Å². The zero-order valence-corrected chi connectivity index (χ0v) is 13.8. The van der Waals surface area contributed by atoms with E-state index < -0.39 is 11.6 Å². The number of hydrogen-bond donors (Lipinski definition) is 1. The minimum atomic E-state index is -0.773. The van der Waals surface area contributed by atoms with Crippen molar-refractivity contribution >= 4 is 5.95 Å². The van der Waals surface area contributed by atoms with Gasteiger partial charge in [-0.2, -0.15) is 4.98 Å². The van der Waals surface area contributed by atoms with E-state index in [9.17, 15) is 8.78 Å². The lowest BCUT2D eigenvalue weighted by Crippen LogP contribution is -2.05. The van der Waals surface area contributed by atoms with Gasteiger partial charge in [-0.15, -0.1) is 0 Å². The molecule has 3 heterocycles. The first-order valence-electron chi connectivity index (χ1n) is 7.95. The number of hydrogen-bond acceptors (Lipinski definition) is 7. The van der Waals surface area contributed by atoms with Crippen LogP contribution in [0.5, 0.6) is 0 Å². The monoisotopic (exact) mass is 366 g/mol. The van der Waals surface area contributed by atoms with Gasteiger partial charge in [-0.25, -0.2) is 18.7 Å². The molecule has 1 N–H and O–H groups in total. The van der Waals surface area contributed by atoms with Crippen LogP contribution in [-0.2, 0) is 6.54 Å². The van der Waals surface area contributed by atoms with Gasteiger partial charge in [0, 0.05) is 24.2 Å². The lowest BCUT2D eigenvalue weighted by atomic mass is 10.2. The molecule has 7 nitrogen and oxygen atoms in total. The van der Waals surface area contributed by atoms with E-state index in [1.54, 1.807) is 24.7 Å². The van der Waals surface area contributed by atoms with Crippen LogP contribution in [0.1, 0.15) is 5.82 Å². The molecule has 0 unspecified atom stereocenters. The highest BCUT2D eigenvalue weighted by Gasteiger charge is 2.18. The number of aromatic nitrogens is 5. The van der Waals surface area contributed by atoms with Gasteiger partial charge in [-0.05, 0) is 30.3 Å². The SMILES string of the molecule is Fc1cccc(F)c1-c1nc(CNc2nccc(-c3cccnc3)n2)no1. The molecule has 0 amide bonds. The second-order valence-electron chi connectivity index (χ2n) is 5.47. The van der Waals surface area contributed by atoms with Gasteiger partial charge < -0.3 is 9.84 Å². The molecule has 3 aromatic heterocycles. The predicted octanol–water partition coefficient (Wildman–Crippen LogP) is 3.48. The van der Waals surface area contributed by atoms with Crippen molar-refractivity contribution in [1.82, 2.24) is 25.1 Å². The lowest BCUT2D eigenvalue weighted by Gasteiger charge is -2.04. The summed E-state index contributed by atoms with van der Waals surface area (Å²) < 4.78 is 32.6. The van der Waals surface area contributed by atoms with Gasteiger partial charge in [0.1, 0.15) is 17.2 Å². The molecule has 0 aliphatic heterocycles. The van der Waals surface area contributed by atoms with Gasteiger partial charge in [0.15, 0.2) is 5.82 Å². The molecular weight excluding hydrogens is 354 g/mol. The molecule has 0 aliphatic carbocycles. The molecule has 0 fully saturated rings. The van der Waals surface area contributed by atoms with Gasteiger partial charge in [0.05, 0.1) is 12.2 Å². The van der Waals surface area contributed by atoms with E-state index in [0.717, 1.165) is 17.7 Å². The van der Waals surface area contributed by atoms with Crippen LogP contribution in [0.15, 0.2) is 59.5 Å². The van der Waals surface area contributed by atoms with Gasteiger partial charge in [0.2, 0.25) is 5.95 Å². The molecule has 0 radical (unpaired) electrons. The van der Waals surface area contributed by atoms with E-state index in [0.29, 0.717) is 11.6 Å². The van der Waals surface area contributed by atoms with Crippen molar-refractivity contribution in [2.45, 2.75) is 6.54 Å². The second-order valence-corrected chi connectivity index (χ2v) is 5.47. The number of nitrogens with one attached hydrogen (secondary N) is 1. The summed E-state index contributed by atoms with van der Waals surface area (Å²) in [6.45, 7) is 0.121. The molecule has 1 aromatic carbocycles. The summed E-state index contributed by atoms with van der Waals surface area (Å²) in [5, 5.41) is 6.67. The minimum Gasteiger partial charge on any atom is -0.347 e. The standard InChI is InChI=1S/C18H12F2N6O/c19-12-4-1-5-13(20)16(12)17-25-15(26-27-17)10-23-18-22-8-6-14(24-18)11-3-2-7-21-9-11/h1-9H,10H2,(H,22,23,24). The highest BCUT2D eigenvalue weighted by molar-refractivity contribution is 5.58. The predicted molar refractivity (Wildman–Crippen MR) is 92.2 cm³/mol. The number of pyridine rings is 1. The third kappa shape index (κ3) is 3.61. The summed E-state index contributed by atoms with van der Waals surface area (Å²) in [7, 11) is 0. The summed E-state index contributed by atoms with van der Waals surface area (Å²) in [5.41, 5.74) is 1.19. The van der Waals surface area contributed by atoms with Crippen molar-refractivity contribution in [3.8, 4) is 22.7 Å². The van der Waals surface area contributed by atoms with Crippen molar-refractivity contribution in [3.05, 3.63) is 72.4 Å². The number of nitrogens with zero attached hydrogens (tertiary/aromatic N) is 5. The fourth-order valence-corrected chi connectivity index (χ4v) is 2.41. The normalized spacial score (nSPS) is 10.7. The number of anilines is 1. The third-order valence-electron chi connectivity index (χ3n) is 3.66. The molecule has 27 heavy (non-hydrogen) atoms. The molecule has 0 saturated carbocycles. The van der Waals surface area contributed by atoms with Crippen LogP contribution in [0.2, 0.25) is 0 Å². The van der Waals surface area contributed by atoms with Gasteiger partial charge in [-0.1, -0.05) is 11.2 Å². The summed E-state index contributed by atoms with van der Waals surface area (Å²) in [6.07, 6.45) is 4.98. The van der Waals surface area contributed by atoms with E-state index in [-0.39, 0.29) is 23.8 Å². The molecule has 134 valence electrons. The Morgan fingerprint density at radius 2 is 1.81 bits per heavy atom. The number of rotatable bonds is 5. The first kappa shape index (κ1) is 16.7. The number of benzene rings is 1. The molecule has 9 heteroatoms. The van der Waals surface area contributed by atoms with Crippen LogP contribution in [0.4, 0.5) is 14.7 Å². The Bertz CT molecular complexity index is 1050. The summed E-state index contributed by atoms with van der Waals surface area (Å²) in [5.74, 6) is -1.22. The Morgan fingerprint density at radius 3 is 2.59 bits per heavy atom. The summed E-state index contributed by atoms with van der Waals surface area (Å²) in [6, 6.07) is 8.96. The maximum Gasteiger partial charge on any atom is 0.263 e. The minimum absolute atomic E-state index is 0.121. The Labute approximate surface area is 152 Å². The molecule has 0 saturated heterocycles. The van der Waals surface area contributed by atoms with Gasteiger partial charge in [0.25, 0.3) is 5.89 Å². The molecule has 0 spiro atoms. The molecule has 4 rings (SSSR count). The van der Waals surface area contributed by atoms with Gasteiger partial charge in [-0.3, -0.25) is 4.98 Å². The fourth-order valence-electron chi connectivity index (χ4n) is 2.41. The second kappa shape index (κ2) is 7.24. The van der Waals surface area contributed by atoms with Crippen LogP contribution in [0.3, 0.4) is 0 Å². The maximum absolute atomic E-state index is 13.8. The smallest absolute Gasteiger partial charge is 0.263 e. The average Bonchev–Trinajstić information content (AvgIpc) is 3.16. The Morgan fingerprint density at radius 1 is 0.963 bits per heavy atom. The Kier molecular flexibility index (Phi) is 4.48. The molecular formula is C18H12F2N6O. The molecule has 0 bridgehead atoms. The highest BCUT2D eigenvalue weighted by Crippen LogP contribution is 2.24. The van der Waals surface area contributed by atoms with E-state index in [2.05, 4.69) is 30.4 Å². The van der Waals surface area contributed by atoms with Crippen molar-refractivity contribution < 1.29 is 13.3 Å². The van der Waals surface area contributed by atoms with Crippen molar-refractivity contribution in [1.29, 1.82) is 0 Å². The van der Waals surface area contributed by atoms with Crippen molar-refractivity contribution in [2.75, 3.05) is 5.32 Å². The van der Waals surface area contributed by atoms with E-state index in [1.807, 2.05) is 12.1 Å². The largest absolute Gasteiger partial charge is 0.347 e. The third-order valence-corrected chi connectivity index (χ3v) is 3.66. The van der Waals surface area contributed by atoms with Crippen LogP contribution in [-0.4, -0.2) is 25.1 Å². The lowest BCUT2D eigenvalue weighted by molar-refractivity contribution is 0.418. The van der Waals surface area contributed by atoms with Crippen LogP contribution in [0.25, 0.3) is 22.7 Å². The van der Waals surface area contributed by atoms with E-state index in [4.69, 9.17) is 4.52 Å². The van der Waals surface area contributed by atoms with Gasteiger partial charge >= 0.3 is 0 Å². The van der Waals surface area contributed by atoms with Crippen LogP contribution < -0.4 is 5.32 Å². The van der Waals surface area contributed by atoms with Crippen molar-refractivity contribution in [3.63, 3.8) is 0 Å². The topological polar surface area (TPSA) is 89.6 Å². The molecule has 0 aliphatic rings. The summed E-state index contributed by atoms with van der Waals surface area (Å²) in [4.78, 5) is 16.6.